The van der Waals surface area contributed by atoms with Crippen LogP contribution in [0.15, 0.2) is 12.7 Å². The lowest BCUT2D eigenvalue weighted by Gasteiger charge is -1.79. The Kier molecular flexibility index (Phi) is 13.9. The van der Waals surface area contributed by atoms with Gasteiger partial charge in [-0.05, 0) is 6.92 Å². The van der Waals surface area contributed by atoms with Crippen LogP contribution >= 0.6 is 0 Å². The Labute approximate surface area is 72.4 Å². The van der Waals surface area contributed by atoms with E-state index in [4.69, 9.17) is 0 Å². The summed E-state index contributed by atoms with van der Waals surface area (Å²) >= 11 is 0. The summed E-state index contributed by atoms with van der Waals surface area (Å²) in [6, 6.07) is 0. The van der Waals surface area contributed by atoms with Crippen LogP contribution < -0.4 is 17.6 Å². The molecule has 1 rings (SSSR count). The SMILES string of the molecule is C=CC.N.N.O=C1CCC(=O)N1. The van der Waals surface area contributed by atoms with Gasteiger partial charge in [-0.15, -0.1) is 6.58 Å². The van der Waals surface area contributed by atoms with Gasteiger partial charge in [-0.2, -0.15) is 0 Å². The lowest BCUT2D eigenvalue weighted by molar-refractivity contribution is -0.124. The highest BCUT2D eigenvalue weighted by atomic mass is 16.2. The van der Waals surface area contributed by atoms with E-state index in [0.29, 0.717) is 12.8 Å². The number of carbonyl (C=O) groups excluding carboxylic acids is 2. The molecule has 0 aromatic carbocycles. The maximum Gasteiger partial charge on any atom is 0.227 e. The standard InChI is InChI=1S/C4H5NO2.C3H6.2H3N/c6-3-1-2-4(7)5-3;1-3-2;;/h1-2H2,(H,5,6,7);3H,1H2,2H3;2*1H3. The van der Waals surface area contributed by atoms with Crippen molar-refractivity contribution < 1.29 is 9.59 Å². The van der Waals surface area contributed by atoms with Crippen molar-refractivity contribution in [3.05, 3.63) is 12.7 Å². The second-order valence-electron chi connectivity index (χ2n) is 1.88. The molecular formula is C7H17N3O2. The van der Waals surface area contributed by atoms with Gasteiger partial charge >= 0.3 is 0 Å². The van der Waals surface area contributed by atoms with Crippen molar-refractivity contribution >= 4 is 11.8 Å². The first-order chi connectivity index (χ1) is 4.70. The molecule has 0 aromatic heterocycles. The topological polar surface area (TPSA) is 116 Å². The monoisotopic (exact) mass is 175 g/mol. The van der Waals surface area contributed by atoms with Gasteiger partial charge in [0.15, 0.2) is 0 Å². The van der Waals surface area contributed by atoms with E-state index < -0.39 is 0 Å². The number of amides is 2. The minimum absolute atomic E-state index is 0. The van der Waals surface area contributed by atoms with Crippen LogP contribution in [0, 0.1) is 0 Å². The Morgan fingerprint density at radius 3 is 1.58 bits per heavy atom. The zero-order valence-electron chi connectivity index (χ0n) is 7.43. The number of nitrogens with one attached hydrogen (secondary N) is 1. The molecule has 0 saturated carbocycles. The molecule has 5 nitrogen and oxygen atoms in total. The Morgan fingerprint density at radius 2 is 1.50 bits per heavy atom. The minimum atomic E-state index is -0.148. The van der Waals surface area contributed by atoms with E-state index in [2.05, 4.69) is 11.9 Å². The van der Waals surface area contributed by atoms with Crippen molar-refractivity contribution in [2.75, 3.05) is 0 Å². The van der Waals surface area contributed by atoms with Gasteiger partial charge in [-0.25, -0.2) is 0 Å². The smallest absolute Gasteiger partial charge is 0.227 e. The fourth-order valence-electron chi connectivity index (χ4n) is 0.508. The molecule has 0 atom stereocenters. The number of rotatable bonds is 0. The molecule has 1 heterocycles. The van der Waals surface area contributed by atoms with Crippen LogP contribution in [0.25, 0.3) is 0 Å². The summed E-state index contributed by atoms with van der Waals surface area (Å²) in [5.41, 5.74) is 0. The molecule has 1 fully saturated rings. The molecule has 12 heavy (non-hydrogen) atoms. The molecule has 7 N–H and O–H groups in total. The molecule has 0 unspecified atom stereocenters. The van der Waals surface area contributed by atoms with Gasteiger partial charge in [-0.1, -0.05) is 6.08 Å². The molecule has 0 radical (unpaired) electrons. The van der Waals surface area contributed by atoms with Crippen LogP contribution in [-0.4, -0.2) is 11.8 Å². The van der Waals surface area contributed by atoms with Gasteiger partial charge in [0, 0.05) is 12.8 Å². The first-order valence-electron chi connectivity index (χ1n) is 3.10. The summed E-state index contributed by atoms with van der Waals surface area (Å²) in [4.78, 5) is 20.2. The Bertz CT molecular complexity index is 143. The fraction of sp³-hybridized carbons (Fsp3) is 0.429. The predicted octanol–water partition coefficient (Wildman–Crippen LogP) is 0.939. The summed E-state index contributed by atoms with van der Waals surface area (Å²) in [7, 11) is 0. The third-order valence-corrected chi connectivity index (χ3v) is 0.858. The second-order valence-corrected chi connectivity index (χ2v) is 1.88. The second kappa shape index (κ2) is 9.80. The average molecular weight is 175 g/mol. The van der Waals surface area contributed by atoms with Gasteiger partial charge < -0.3 is 12.3 Å². The maximum absolute atomic E-state index is 10.1. The Morgan fingerprint density at radius 1 is 1.25 bits per heavy atom. The summed E-state index contributed by atoms with van der Waals surface area (Å²) in [6.45, 7) is 5.25. The quantitative estimate of drug-likeness (QED) is 0.375. The summed E-state index contributed by atoms with van der Waals surface area (Å²) in [6.07, 6.45) is 2.50. The third kappa shape index (κ3) is 8.80. The van der Waals surface area contributed by atoms with Gasteiger partial charge in [0.2, 0.25) is 11.8 Å². The first kappa shape index (κ1) is 17.0. The number of allylic oxidation sites excluding steroid dienone is 1. The van der Waals surface area contributed by atoms with E-state index >= 15 is 0 Å². The van der Waals surface area contributed by atoms with E-state index in [9.17, 15) is 9.59 Å². The number of hydrogen-bond donors (Lipinski definition) is 3. The van der Waals surface area contributed by atoms with Crippen LogP contribution in [-0.2, 0) is 9.59 Å². The zero-order valence-corrected chi connectivity index (χ0v) is 7.43. The summed E-state index contributed by atoms with van der Waals surface area (Å²) < 4.78 is 0. The normalized spacial score (nSPS) is 12.8. The lowest BCUT2D eigenvalue weighted by Crippen LogP contribution is -2.18. The maximum atomic E-state index is 10.1. The highest BCUT2D eigenvalue weighted by Gasteiger charge is 2.15. The van der Waals surface area contributed by atoms with Crippen molar-refractivity contribution in [2.24, 2.45) is 0 Å². The van der Waals surface area contributed by atoms with Crippen molar-refractivity contribution in [1.82, 2.24) is 17.6 Å². The molecule has 0 bridgehead atoms. The molecular weight excluding hydrogens is 158 g/mol. The van der Waals surface area contributed by atoms with Crippen molar-refractivity contribution in [1.29, 1.82) is 0 Å². The summed E-state index contributed by atoms with van der Waals surface area (Å²) in [5, 5.41) is 2.14. The molecule has 1 aliphatic rings. The van der Waals surface area contributed by atoms with Crippen LogP contribution in [0.4, 0.5) is 0 Å². The number of imide groups is 1. The molecule has 5 heteroatoms. The highest BCUT2D eigenvalue weighted by Crippen LogP contribution is 1.95. The molecule has 2 amide bonds. The average Bonchev–Trinajstić information content (AvgIpc) is 2.17. The van der Waals surface area contributed by atoms with Crippen LogP contribution in [0.5, 0.6) is 0 Å². The van der Waals surface area contributed by atoms with E-state index in [1.165, 1.54) is 0 Å². The lowest BCUT2D eigenvalue weighted by atomic mass is 10.4. The number of carbonyl (C=O) groups is 2. The van der Waals surface area contributed by atoms with E-state index in [-0.39, 0.29) is 24.1 Å². The predicted molar refractivity (Wildman–Crippen MR) is 48.3 cm³/mol. The molecule has 1 aliphatic heterocycles. The van der Waals surface area contributed by atoms with E-state index in [0.717, 1.165) is 0 Å². The molecule has 0 spiro atoms. The largest absolute Gasteiger partial charge is 0.344 e. The van der Waals surface area contributed by atoms with Crippen LogP contribution in [0.2, 0.25) is 0 Å². The highest BCUT2D eigenvalue weighted by molar-refractivity contribution is 6.01. The van der Waals surface area contributed by atoms with Gasteiger partial charge in [-0.3, -0.25) is 14.9 Å². The minimum Gasteiger partial charge on any atom is -0.344 e. The van der Waals surface area contributed by atoms with Gasteiger partial charge in [0.05, 0.1) is 0 Å². The van der Waals surface area contributed by atoms with Gasteiger partial charge in [0.25, 0.3) is 0 Å². The van der Waals surface area contributed by atoms with E-state index in [1.807, 2.05) is 6.92 Å². The van der Waals surface area contributed by atoms with Crippen molar-refractivity contribution in [2.45, 2.75) is 19.8 Å². The van der Waals surface area contributed by atoms with Crippen molar-refractivity contribution in [3.63, 3.8) is 0 Å². The van der Waals surface area contributed by atoms with Crippen molar-refractivity contribution in [3.8, 4) is 0 Å². The Hall–Kier alpha value is -1.20. The first-order valence-corrected chi connectivity index (χ1v) is 3.10. The molecule has 1 saturated heterocycles. The van der Waals surface area contributed by atoms with Crippen LogP contribution in [0.3, 0.4) is 0 Å². The molecule has 0 aliphatic carbocycles. The fourth-order valence-corrected chi connectivity index (χ4v) is 0.508. The third-order valence-electron chi connectivity index (χ3n) is 0.858. The van der Waals surface area contributed by atoms with E-state index in [1.54, 1.807) is 6.08 Å². The number of hydrogen-bond acceptors (Lipinski definition) is 4. The summed E-state index contributed by atoms with van der Waals surface area (Å²) in [5.74, 6) is -0.296. The zero-order chi connectivity index (χ0) is 7.98. The Balaban J connectivity index is -0.000000146. The molecule has 0 aromatic rings. The molecule has 72 valence electrons. The van der Waals surface area contributed by atoms with Gasteiger partial charge in [0.1, 0.15) is 0 Å². The van der Waals surface area contributed by atoms with Crippen LogP contribution in [0.1, 0.15) is 19.8 Å².